The number of carbonyl (C=O) groups is 1. The van der Waals surface area contributed by atoms with E-state index < -0.39 is 5.91 Å². The van der Waals surface area contributed by atoms with E-state index in [-0.39, 0.29) is 0 Å². The maximum atomic E-state index is 12.0. The normalized spacial score (nSPS) is 16.8. The van der Waals surface area contributed by atoms with Gasteiger partial charge in [-0.15, -0.1) is 0 Å². The summed E-state index contributed by atoms with van der Waals surface area (Å²) in [6, 6.07) is 8.20. The molecule has 1 aromatic heterocycles. The second-order valence-electron chi connectivity index (χ2n) is 9.01. The van der Waals surface area contributed by atoms with Crippen molar-refractivity contribution in [2.75, 3.05) is 38.0 Å². The van der Waals surface area contributed by atoms with Crippen molar-refractivity contribution in [1.82, 2.24) is 20.0 Å². The molecular formula is C28H36N6O. The van der Waals surface area contributed by atoms with Crippen LogP contribution in [0.15, 0.2) is 73.0 Å². The number of allylic oxidation sites excluding steroid dienone is 5. The molecule has 0 atom stereocenters. The van der Waals surface area contributed by atoms with Crippen LogP contribution in [0.5, 0.6) is 0 Å². The Kier molecular flexibility index (Phi) is 8.21. The summed E-state index contributed by atoms with van der Waals surface area (Å²) in [5.41, 5.74) is 12.3. The SMILES string of the molecule is C=CC(=C)N1CCNCC1.NC(=O)c1c2c(nn1-c1ccc(CC3=CCCC=C3)cc1)CCCN2. The first-order valence-electron chi connectivity index (χ1n) is 12.4. The average molecular weight is 473 g/mol. The van der Waals surface area contributed by atoms with Gasteiger partial charge in [0.25, 0.3) is 5.91 Å². The summed E-state index contributed by atoms with van der Waals surface area (Å²) < 4.78 is 1.68. The quantitative estimate of drug-likeness (QED) is 0.558. The number of rotatable bonds is 6. The fourth-order valence-electron chi connectivity index (χ4n) is 4.58. The van der Waals surface area contributed by atoms with E-state index in [1.165, 1.54) is 11.1 Å². The van der Waals surface area contributed by atoms with Gasteiger partial charge in [-0.05, 0) is 61.4 Å². The molecule has 1 fully saturated rings. The number of fused-ring (bicyclic) bond motifs is 1. The van der Waals surface area contributed by atoms with Crippen molar-refractivity contribution in [2.24, 2.45) is 5.73 Å². The van der Waals surface area contributed by atoms with Crippen molar-refractivity contribution >= 4 is 11.6 Å². The number of hydrogen-bond donors (Lipinski definition) is 3. The summed E-state index contributed by atoms with van der Waals surface area (Å²) in [5, 5.41) is 11.2. The zero-order valence-corrected chi connectivity index (χ0v) is 20.4. The van der Waals surface area contributed by atoms with Crippen LogP contribution < -0.4 is 16.4 Å². The molecular weight excluding hydrogens is 436 g/mol. The second kappa shape index (κ2) is 11.7. The zero-order chi connectivity index (χ0) is 24.6. The molecule has 0 bridgehead atoms. The maximum absolute atomic E-state index is 12.0. The molecule has 0 unspecified atom stereocenters. The number of nitrogens with zero attached hydrogens (tertiary/aromatic N) is 3. The van der Waals surface area contributed by atoms with Gasteiger partial charge in [-0.1, -0.05) is 43.5 Å². The molecule has 184 valence electrons. The van der Waals surface area contributed by atoms with Crippen LogP contribution in [0.4, 0.5) is 5.69 Å². The fraction of sp³-hybridized carbons (Fsp3) is 0.357. The van der Waals surface area contributed by atoms with E-state index in [1.807, 2.05) is 18.2 Å². The number of nitrogens with two attached hydrogens (primary N) is 1. The standard InChI is InChI=1S/C20H22N4O.C8H14N2/c21-20(25)19-18-17(7-4-12-22-18)23-24(19)16-10-8-15(9-11-16)13-14-5-2-1-3-6-14;1-3-8(2)10-6-4-9-5-7-10/h2,5-6,8-11,22H,1,3-4,7,12-13H2,(H2,21,25);3,9H,1-2,4-7H2. The van der Waals surface area contributed by atoms with Crippen LogP contribution in [0.1, 0.15) is 41.0 Å². The third-order valence-corrected chi connectivity index (χ3v) is 6.50. The first-order valence-corrected chi connectivity index (χ1v) is 12.4. The Morgan fingerprint density at radius 2 is 1.91 bits per heavy atom. The van der Waals surface area contributed by atoms with Crippen LogP contribution in [0.25, 0.3) is 5.69 Å². The third kappa shape index (κ3) is 6.11. The van der Waals surface area contributed by atoms with Gasteiger partial charge in [-0.25, -0.2) is 4.68 Å². The molecule has 3 aliphatic rings. The van der Waals surface area contributed by atoms with Crippen LogP contribution in [0.2, 0.25) is 0 Å². The Morgan fingerprint density at radius 1 is 1.14 bits per heavy atom. The fourth-order valence-corrected chi connectivity index (χ4v) is 4.58. The molecule has 3 heterocycles. The Balaban J connectivity index is 0.000000243. The van der Waals surface area contributed by atoms with Gasteiger partial charge in [0.05, 0.1) is 17.1 Å². The molecule has 1 aliphatic carbocycles. The van der Waals surface area contributed by atoms with E-state index in [0.29, 0.717) is 5.69 Å². The topological polar surface area (TPSA) is 88.2 Å². The molecule has 2 aromatic rings. The molecule has 35 heavy (non-hydrogen) atoms. The van der Waals surface area contributed by atoms with Crippen LogP contribution >= 0.6 is 0 Å². The highest BCUT2D eigenvalue weighted by Crippen LogP contribution is 2.28. The Bertz CT molecular complexity index is 1120. The predicted molar refractivity (Wildman–Crippen MR) is 143 cm³/mol. The summed E-state index contributed by atoms with van der Waals surface area (Å²) in [6.07, 6.45) is 13.6. The number of hydrogen-bond acceptors (Lipinski definition) is 5. The first kappa shape index (κ1) is 24.5. The third-order valence-electron chi connectivity index (χ3n) is 6.50. The van der Waals surface area contributed by atoms with E-state index >= 15 is 0 Å². The van der Waals surface area contributed by atoms with Gasteiger partial charge in [-0.3, -0.25) is 4.79 Å². The molecule has 0 spiro atoms. The number of aromatic nitrogens is 2. The van der Waals surface area contributed by atoms with E-state index in [2.05, 4.69) is 64.2 Å². The summed E-state index contributed by atoms with van der Waals surface area (Å²) in [6.45, 7) is 12.6. The van der Waals surface area contributed by atoms with Gasteiger partial charge in [0, 0.05) is 38.4 Å². The van der Waals surface area contributed by atoms with Gasteiger partial charge in [0.1, 0.15) is 0 Å². The van der Waals surface area contributed by atoms with Crippen LogP contribution in [0.3, 0.4) is 0 Å². The summed E-state index contributed by atoms with van der Waals surface area (Å²) in [7, 11) is 0. The zero-order valence-electron chi connectivity index (χ0n) is 20.4. The van der Waals surface area contributed by atoms with Crippen molar-refractivity contribution in [2.45, 2.75) is 32.1 Å². The van der Waals surface area contributed by atoms with Gasteiger partial charge in [0.2, 0.25) is 0 Å². The number of aryl methyl sites for hydroxylation is 1. The number of anilines is 1. The molecule has 1 saturated heterocycles. The van der Waals surface area contributed by atoms with Crippen molar-refractivity contribution in [3.05, 3.63) is 89.9 Å². The Hall–Kier alpha value is -3.58. The largest absolute Gasteiger partial charge is 0.382 e. The summed E-state index contributed by atoms with van der Waals surface area (Å²) in [4.78, 5) is 14.2. The maximum Gasteiger partial charge on any atom is 0.269 e. The van der Waals surface area contributed by atoms with E-state index in [0.717, 1.165) is 87.6 Å². The monoisotopic (exact) mass is 472 g/mol. The lowest BCUT2D eigenvalue weighted by molar-refractivity contribution is 0.0993. The van der Waals surface area contributed by atoms with Crippen molar-refractivity contribution < 1.29 is 4.79 Å². The van der Waals surface area contributed by atoms with Crippen molar-refractivity contribution in [3.63, 3.8) is 0 Å². The summed E-state index contributed by atoms with van der Waals surface area (Å²) >= 11 is 0. The molecule has 0 radical (unpaired) electrons. The van der Waals surface area contributed by atoms with E-state index in [9.17, 15) is 4.79 Å². The minimum absolute atomic E-state index is 0.445. The lowest BCUT2D eigenvalue weighted by Crippen LogP contribution is -2.42. The molecule has 5 rings (SSSR count). The average Bonchev–Trinajstić information content (AvgIpc) is 3.30. The van der Waals surface area contributed by atoms with Gasteiger partial charge in [-0.2, -0.15) is 5.10 Å². The molecule has 1 amide bonds. The van der Waals surface area contributed by atoms with Gasteiger partial charge in [0.15, 0.2) is 5.69 Å². The number of benzene rings is 1. The van der Waals surface area contributed by atoms with Crippen molar-refractivity contribution in [3.8, 4) is 5.69 Å². The van der Waals surface area contributed by atoms with Gasteiger partial charge < -0.3 is 21.3 Å². The van der Waals surface area contributed by atoms with Crippen LogP contribution in [-0.2, 0) is 12.8 Å². The molecule has 0 saturated carbocycles. The second-order valence-corrected chi connectivity index (χ2v) is 9.01. The Labute approximate surface area is 208 Å². The predicted octanol–water partition coefficient (Wildman–Crippen LogP) is 3.74. The number of amides is 1. The number of primary amides is 1. The molecule has 2 aliphatic heterocycles. The number of nitrogens with one attached hydrogen (secondary N) is 2. The number of piperazine rings is 1. The lowest BCUT2D eigenvalue weighted by Gasteiger charge is -2.29. The summed E-state index contributed by atoms with van der Waals surface area (Å²) in [5.74, 6) is -0.454. The highest BCUT2D eigenvalue weighted by molar-refractivity contribution is 5.98. The lowest BCUT2D eigenvalue weighted by atomic mass is 9.99. The van der Waals surface area contributed by atoms with Crippen molar-refractivity contribution in [1.29, 1.82) is 0 Å². The molecule has 7 nitrogen and oxygen atoms in total. The molecule has 4 N–H and O–H groups in total. The minimum atomic E-state index is -0.454. The first-order chi connectivity index (χ1) is 17.1. The smallest absolute Gasteiger partial charge is 0.269 e. The number of carbonyl (C=O) groups excluding carboxylic acids is 1. The van der Waals surface area contributed by atoms with Gasteiger partial charge >= 0.3 is 0 Å². The van der Waals surface area contributed by atoms with Crippen LogP contribution in [0, 0.1) is 0 Å². The molecule has 1 aromatic carbocycles. The highest BCUT2D eigenvalue weighted by Gasteiger charge is 2.24. The molecule has 7 heteroatoms. The van der Waals surface area contributed by atoms with E-state index in [1.54, 1.807) is 4.68 Å². The van der Waals surface area contributed by atoms with Crippen LogP contribution in [-0.4, -0.2) is 53.3 Å². The van der Waals surface area contributed by atoms with E-state index in [4.69, 9.17) is 5.73 Å². The minimum Gasteiger partial charge on any atom is -0.382 e. The highest BCUT2D eigenvalue weighted by atomic mass is 16.1. The Morgan fingerprint density at radius 3 is 2.57 bits per heavy atom.